The minimum absolute atomic E-state index is 0.0650. The topological polar surface area (TPSA) is 41.5 Å². The molecule has 3 heteroatoms. The molecule has 1 aromatic rings. The van der Waals surface area contributed by atoms with Crippen molar-refractivity contribution in [1.82, 2.24) is 5.32 Å². The highest BCUT2D eigenvalue weighted by atomic mass is 16.2. The Bertz CT molecular complexity index is 590. The average molecular weight is 282 g/mol. The molecule has 1 aliphatic carbocycles. The van der Waals surface area contributed by atoms with Crippen LogP contribution in [-0.2, 0) is 4.79 Å². The molecule has 2 aliphatic rings. The molecule has 0 unspecified atom stereocenters. The quantitative estimate of drug-likeness (QED) is 0.840. The first-order valence-corrected chi connectivity index (χ1v) is 7.85. The number of nitrogens with zero attached hydrogens (tertiary/aromatic N) is 1. The van der Waals surface area contributed by atoms with E-state index in [0.717, 1.165) is 24.2 Å². The Hall–Kier alpha value is -1.90. The molecule has 1 heterocycles. The lowest BCUT2D eigenvalue weighted by atomic mass is 10.0. The van der Waals surface area contributed by atoms with Crippen LogP contribution in [0.3, 0.4) is 0 Å². The summed E-state index contributed by atoms with van der Waals surface area (Å²) >= 11 is 0. The van der Waals surface area contributed by atoms with Gasteiger partial charge in [-0.1, -0.05) is 51.0 Å². The van der Waals surface area contributed by atoms with Gasteiger partial charge in [0.25, 0.3) is 5.91 Å². The fourth-order valence-corrected chi connectivity index (χ4v) is 3.01. The standard InChI is InChI=1S/C18H22N2O/c1-12(2)14-9-7-13(8-10-14)11-16-18(21)20-17(19-16)15-5-3-4-6-15/h7-12,15H,3-6H2,1-2H3,(H,19,20,21)/b16-11+. The van der Waals surface area contributed by atoms with Gasteiger partial charge < -0.3 is 5.32 Å². The van der Waals surface area contributed by atoms with E-state index >= 15 is 0 Å². The van der Waals surface area contributed by atoms with E-state index < -0.39 is 0 Å². The van der Waals surface area contributed by atoms with Gasteiger partial charge >= 0.3 is 0 Å². The third-order valence-corrected chi connectivity index (χ3v) is 4.36. The molecule has 1 N–H and O–H groups in total. The van der Waals surface area contributed by atoms with Crippen LogP contribution >= 0.6 is 0 Å². The lowest BCUT2D eigenvalue weighted by Crippen LogP contribution is -2.29. The monoisotopic (exact) mass is 282 g/mol. The van der Waals surface area contributed by atoms with Gasteiger partial charge in [0, 0.05) is 5.92 Å². The van der Waals surface area contributed by atoms with Crippen LogP contribution in [0.25, 0.3) is 6.08 Å². The van der Waals surface area contributed by atoms with Gasteiger partial charge in [-0.15, -0.1) is 0 Å². The van der Waals surface area contributed by atoms with Crippen LogP contribution in [0, 0.1) is 5.92 Å². The molecule has 110 valence electrons. The molecule has 0 atom stereocenters. The molecular formula is C18H22N2O. The van der Waals surface area contributed by atoms with E-state index in [9.17, 15) is 4.79 Å². The van der Waals surface area contributed by atoms with Crippen LogP contribution < -0.4 is 5.32 Å². The second-order valence-corrected chi connectivity index (χ2v) is 6.28. The number of amidine groups is 1. The molecule has 0 bridgehead atoms. The number of aliphatic imine (C=N–C) groups is 1. The lowest BCUT2D eigenvalue weighted by Gasteiger charge is -2.06. The molecular weight excluding hydrogens is 260 g/mol. The predicted octanol–water partition coefficient (Wildman–Crippen LogP) is 3.87. The van der Waals surface area contributed by atoms with Crippen molar-refractivity contribution in [2.45, 2.75) is 45.4 Å². The third-order valence-electron chi connectivity index (χ3n) is 4.36. The number of rotatable bonds is 3. The zero-order valence-electron chi connectivity index (χ0n) is 12.7. The molecule has 0 saturated heterocycles. The SMILES string of the molecule is CC(C)c1ccc(/C=C2/N=C(C3CCCC3)NC2=O)cc1. The number of nitrogens with one attached hydrogen (secondary N) is 1. The van der Waals surface area contributed by atoms with E-state index in [0.29, 0.717) is 17.5 Å². The summed E-state index contributed by atoms with van der Waals surface area (Å²) in [5, 5.41) is 2.94. The number of carbonyl (C=O) groups excluding carboxylic acids is 1. The second-order valence-electron chi connectivity index (χ2n) is 6.28. The Morgan fingerprint density at radius 2 is 1.86 bits per heavy atom. The maximum Gasteiger partial charge on any atom is 0.275 e. The van der Waals surface area contributed by atoms with Crippen molar-refractivity contribution in [3.8, 4) is 0 Å². The van der Waals surface area contributed by atoms with Crippen molar-refractivity contribution in [3.05, 3.63) is 41.1 Å². The van der Waals surface area contributed by atoms with Crippen molar-refractivity contribution < 1.29 is 4.79 Å². The van der Waals surface area contributed by atoms with Gasteiger partial charge in [0.05, 0.1) is 0 Å². The van der Waals surface area contributed by atoms with E-state index in [2.05, 4.69) is 48.4 Å². The van der Waals surface area contributed by atoms with Gasteiger partial charge in [-0.05, 0) is 36.0 Å². The molecule has 0 spiro atoms. The van der Waals surface area contributed by atoms with Gasteiger partial charge in [0.15, 0.2) is 0 Å². The van der Waals surface area contributed by atoms with Gasteiger partial charge in [-0.3, -0.25) is 4.79 Å². The predicted molar refractivity (Wildman–Crippen MR) is 86.0 cm³/mol. The summed E-state index contributed by atoms with van der Waals surface area (Å²) in [4.78, 5) is 16.5. The summed E-state index contributed by atoms with van der Waals surface area (Å²) in [6.07, 6.45) is 6.66. The Kier molecular flexibility index (Phi) is 3.91. The smallest absolute Gasteiger partial charge is 0.275 e. The summed E-state index contributed by atoms with van der Waals surface area (Å²) in [7, 11) is 0. The van der Waals surface area contributed by atoms with Crippen molar-refractivity contribution in [3.63, 3.8) is 0 Å². The first-order chi connectivity index (χ1) is 10.1. The largest absolute Gasteiger partial charge is 0.308 e. The highest BCUT2D eigenvalue weighted by Crippen LogP contribution is 2.28. The highest BCUT2D eigenvalue weighted by Gasteiger charge is 2.28. The Morgan fingerprint density at radius 3 is 2.48 bits per heavy atom. The molecule has 1 aromatic carbocycles. The molecule has 1 saturated carbocycles. The molecule has 1 amide bonds. The molecule has 3 rings (SSSR count). The van der Waals surface area contributed by atoms with Crippen LogP contribution in [0.15, 0.2) is 35.0 Å². The average Bonchev–Trinajstić information content (AvgIpc) is 3.10. The van der Waals surface area contributed by atoms with Crippen LogP contribution in [0.2, 0.25) is 0 Å². The molecule has 1 aliphatic heterocycles. The van der Waals surface area contributed by atoms with E-state index in [1.807, 2.05) is 6.08 Å². The van der Waals surface area contributed by atoms with Crippen molar-refractivity contribution in [2.75, 3.05) is 0 Å². The van der Waals surface area contributed by atoms with Crippen molar-refractivity contribution >= 4 is 17.8 Å². The number of hydrogen-bond acceptors (Lipinski definition) is 2. The highest BCUT2D eigenvalue weighted by molar-refractivity contribution is 6.15. The van der Waals surface area contributed by atoms with Gasteiger partial charge in [0.1, 0.15) is 11.5 Å². The molecule has 0 radical (unpaired) electrons. The maximum absolute atomic E-state index is 12.0. The second kappa shape index (κ2) is 5.84. The summed E-state index contributed by atoms with van der Waals surface area (Å²) in [5.74, 6) is 1.78. The summed E-state index contributed by atoms with van der Waals surface area (Å²) < 4.78 is 0. The first-order valence-electron chi connectivity index (χ1n) is 7.85. The van der Waals surface area contributed by atoms with Crippen molar-refractivity contribution in [1.29, 1.82) is 0 Å². The third kappa shape index (κ3) is 3.07. The summed E-state index contributed by atoms with van der Waals surface area (Å²) in [6.45, 7) is 4.35. The Balaban J connectivity index is 1.80. The number of hydrogen-bond donors (Lipinski definition) is 1. The van der Waals surface area contributed by atoms with Crippen LogP contribution in [0.1, 0.15) is 56.6 Å². The first kappa shape index (κ1) is 14.1. The minimum Gasteiger partial charge on any atom is -0.308 e. The number of carbonyl (C=O) groups is 1. The molecule has 1 fully saturated rings. The minimum atomic E-state index is -0.0650. The number of benzene rings is 1. The van der Waals surface area contributed by atoms with E-state index in [1.165, 1.54) is 18.4 Å². The van der Waals surface area contributed by atoms with Gasteiger partial charge in [-0.25, -0.2) is 4.99 Å². The van der Waals surface area contributed by atoms with Gasteiger partial charge in [0.2, 0.25) is 0 Å². The van der Waals surface area contributed by atoms with E-state index in [4.69, 9.17) is 0 Å². The zero-order chi connectivity index (χ0) is 14.8. The van der Waals surface area contributed by atoms with Crippen LogP contribution in [0.4, 0.5) is 0 Å². The molecule has 3 nitrogen and oxygen atoms in total. The Morgan fingerprint density at radius 1 is 1.19 bits per heavy atom. The van der Waals surface area contributed by atoms with E-state index in [1.54, 1.807) is 0 Å². The fraction of sp³-hybridized carbons (Fsp3) is 0.444. The normalized spacial score (nSPS) is 21.2. The van der Waals surface area contributed by atoms with E-state index in [-0.39, 0.29) is 5.91 Å². The molecule has 0 aromatic heterocycles. The summed E-state index contributed by atoms with van der Waals surface area (Å²) in [5.41, 5.74) is 2.87. The Labute approximate surface area is 126 Å². The fourth-order valence-electron chi connectivity index (χ4n) is 3.01. The number of amides is 1. The maximum atomic E-state index is 12.0. The van der Waals surface area contributed by atoms with Crippen molar-refractivity contribution in [2.24, 2.45) is 10.9 Å². The van der Waals surface area contributed by atoms with Crippen LogP contribution in [-0.4, -0.2) is 11.7 Å². The zero-order valence-corrected chi connectivity index (χ0v) is 12.7. The molecule has 21 heavy (non-hydrogen) atoms. The van der Waals surface area contributed by atoms with Crippen LogP contribution in [0.5, 0.6) is 0 Å². The lowest BCUT2D eigenvalue weighted by molar-refractivity contribution is -0.115. The van der Waals surface area contributed by atoms with Gasteiger partial charge in [-0.2, -0.15) is 0 Å². The summed E-state index contributed by atoms with van der Waals surface area (Å²) in [6, 6.07) is 8.34.